The Morgan fingerprint density at radius 1 is 0.889 bits per heavy atom. The van der Waals surface area contributed by atoms with Crippen LogP contribution in [0.2, 0.25) is 0 Å². The molecule has 0 unspecified atom stereocenters. The standard InChI is InChI=1S/C13H8F3NO/c14-10-6-12(16)11(15)5-9(10)7-3-1-2-4-8(7)13(17)18/h1-6H,(H2,17,18). The van der Waals surface area contributed by atoms with Crippen molar-refractivity contribution in [2.45, 2.75) is 0 Å². The highest BCUT2D eigenvalue weighted by Crippen LogP contribution is 2.27. The molecular formula is C13H8F3NO. The van der Waals surface area contributed by atoms with E-state index in [9.17, 15) is 18.0 Å². The van der Waals surface area contributed by atoms with Gasteiger partial charge in [0.1, 0.15) is 5.82 Å². The van der Waals surface area contributed by atoms with Crippen molar-refractivity contribution in [2.75, 3.05) is 0 Å². The smallest absolute Gasteiger partial charge is 0.249 e. The van der Waals surface area contributed by atoms with Gasteiger partial charge < -0.3 is 5.73 Å². The molecular weight excluding hydrogens is 243 g/mol. The van der Waals surface area contributed by atoms with E-state index < -0.39 is 23.4 Å². The van der Waals surface area contributed by atoms with E-state index in [1.54, 1.807) is 12.1 Å². The Morgan fingerprint density at radius 3 is 2.17 bits per heavy atom. The van der Waals surface area contributed by atoms with Crippen molar-refractivity contribution in [3.8, 4) is 11.1 Å². The highest BCUT2D eigenvalue weighted by molar-refractivity contribution is 5.99. The van der Waals surface area contributed by atoms with Crippen molar-refractivity contribution >= 4 is 5.91 Å². The summed E-state index contributed by atoms with van der Waals surface area (Å²) < 4.78 is 39.5. The molecule has 2 nitrogen and oxygen atoms in total. The predicted octanol–water partition coefficient (Wildman–Crippen LogP) is 2.87. The van der Waals surface area contributed by atoms with Crippen LogP contribution >= 0.6 is 0 Å². The molecule has 2 N–H and O–H groups in total. The van der Waals surface area contributed by atoms with Crippen LogP contribution < -0.4 is 5.73 Å². The van der Waals surface area contributed by atoms with Gasteiger partial charge in [0.2, 0.25) is 5.91 Å². The maximum absolute atomic E-state index is 13.6. The summed E-state index contributed by atoms with van der Waals surface area (Å²) in [5.74, 6) is -4.20. The second-order valence-electron chi connectivity index (χ2n) is 3.66. The van der Waals surface area contributed by atoms with Crippen LogP contribution in [0.3, 0.4) is 0 Å². The van der Waals surface area contributed by atoms with Gasteiger partial charge in [-0.25, -0.2) is 13.2 Å². The second-order valence-corrected chi connectivity index (χ2v) is 3.66. The molecule has 5 heteroatoms. The molecule has 0 spiro atoms. The van der Waals surface area contributed by atoms with Gasteiger partial charge in [0.05, 0.1) is 0 Å². The molecule has 2 aromatic carbocycles. The van der Waals surface area contributed by atoms with Crippen molar-refractivity contribution in [1.82, 2.24) is 0 Å². The van der Waals surface area contributed by atoms with Crippen molar-refractivity contribution < 1.29 is 18.0 Å². The molecule has 0 aliphatic heterocycles. The molecule has 0 saturated heterocycles. The lowest BCUT2D eigenvalue weighted by Gasteiger charge is -2.08. The first-order chi connectivity index (χ1) is 8.50. The van der Waals surface area contributed by atoms with E-state index in [-0.39, 0.29) is 16.7 Å². The third kappa shape index (κ3) is 2.07. The van der Waals surface area contributed by atoms with Crippen molar-refractivity contribution in [3.63, 3.8) is 0 Å². The SMILES string of the molecule is NC(=O)c1ccccc1-c1cc(F)c(F)cc1F. The number of benzene rings is 2. The summed E-state index contributed by atoms with van der Waals surface area (Å²) in [6.07, 6.45) is 0. The second kappa shape index (κ2) is 4.52. The molecule has 0 aliphatic rings. The minimum Gasteiger partial charge on any atom is -0.366 e. The Morgan fingerprint density at radius 2 is 1.50 bits per heavy atom. The van der Waals surface area contributed by atoms with E-state index in [0.29, 0.717) is 12.1 Å². The van der Waals surface area contributed by atoms with Crippen LogP contribution in [0, 0.1) is 17.5 Å². The first-order valence-corrected chi connectivity index (χ1v) is 5.04. The van der Waals surface area contributed by atoms with Crippen LogP contribution in [0.15, 0.2) is 36.4 Å². The van der Waals surface area contributed by atoms with Gasteiger partial charge in [-0.3, -0.25) is 4.79 Å². The summed E-state index contributed by atoms with van der Waals surface area (Å²) in [4.78, 5) is 11.2. The Hall–Kier alpha value is -2.30. The Bertz CT molecular complexity index is 626. The molecule has 0 saturated carbocycles. The lowest BCUT2D eigenvalue weighted by Crippen LogP contribution is -2.12. The summed E-state index contributed by atoms with van der Waals surface area (Å²) in [6, 6.07) is 7.02. The molecule has 18 heavy (non-hydrogen) atoms. The quantitative estimate of drug-likeness (QED) is 0.819. The van der Waals surface area contributed by atoms with Gasteiger partial charge in [-0.15, -0.1) is 0 Å². The predicted molar refractivity (Wildman–Crippen MR) is 60.3 cm³/mol. The summed E-state index contributed by atoms with van der Waals surface area (Å²) in [5.41, 5.74) is 5.11. The molecule has 2 aromatic rings. The zero-order chi connectivity index (χ0) is 13.3. The van der Waals surface area contributed by atoms with E-state index in [2.05, 4.69) is 0 Å². The summed E-state index contributed by atoms with van der Waals surface area (Å²) >= 11 is 0. The highest BCUT2D eigenvalue weighted by Gasteiger charge is 2.16. The van der Waals surface area contributed by atoms with E-state index in [1.165, 1.54) is 12.1 Å². The van der Waals surface area contributed by atoms with Gasteiger partial charge >= 0.3 is 0 Å². The van der Waals surface area contributed by atoms with Crippen LogP contribution in [0.5, 0.6) is 0 Å². The van der Waals surface area contributed by atoms with Crippen LogP contribution in [0.4, 0.5) is 13.2 Å². The number of halogens is 3. The lowest BCUT2D eigenvalue weighted by molar-refractivity contribution is 0.100. The van der Waals surface area contributed by atoms with Crippen molar-refractivity contribution in [1.29, 1.82) is 0 Å². The zero-order valence-corrected chi connectivity index (χ0v) is 9.08. The molecule has 0 aromatic heterocycles. The highest BCUT2D eigenvalue weighted by atomic mass is 19.2. The third-order valence-electron chi connectivity index (χ3n) is 2.49. The molecule has 1 amide bonds. The molecule has 0 bridgehead atoms. The van der Waals surface area contributed by atoms with E-state index in [0.717, 1.165) is 0 Å². The fourth-order valence-corrected chi connectivity index (χ4v) is 1.66. The molecule has 92 valence electrons. The monoisotopic (exact) mass is 251 g/mol. The van der Waals surface area contributed by atoms with Gasteiger partial charge in [0.25, 0.3) is 0 Å². The van der Waals surface area contributed by atoms with Gasteiger partial charge in [-0.05, 0) is 17.7 Å². The fraction of sp³-hybridized carbons (Fsp3) is 0. The lowest BCUT2D eigenvalue weighted by atomic mass is 9.98. The maximum Gasteiger partial charge on any atom is 0.249 e. The molecule has 0 heterocycles. The van der Waals surface area contributed by atoms with Gasteiger partial charge in [-0.2, -0.15) is 0 Å². The molecule has 0 aliphatic carbocycles. The molecule has 0 atom stereocenters. The minimum atomic E-state index is -1.28. The van der Waals surface area contributed by atoms with Crippen LogP contribution in [-0.2, 0) is 0 Å². The van der Waals surface area contributed by atoms with Crippen LogP contribution in [0.1, 0.15) is 10.4 Å². The first kappa shape index (κ1) is 12.2. The minimum absolute atomic E-state index is 0.0439. The molecule has 2 rings (SSSR count). The number of amides is 1. The largest absolute Gasteiger partial charge is 0.366 e. The molecule has 0 fully saturated rings. The number of nitrogens with two attached hydrogens (primary N) is 1. The van der Waals surface area contributed by atoms with E-state index in [4.69, 9.17) is 5.73 Å². The first-order valence-electron chi connectivity index (χ1n) is 5.04. The van der Waals surface area contributed by atoms with Gasteiger partial charge in [0, 0.05) is 17.2 Å². The Labute approximate surface area is 101 Å². The number of primary amides is 1. The van der Waals surface area contributed by atoms with E-state index >= 15 is 0 Å². The molecule has 0 radical (unpaired) electrons. The van der Waals surface area contributed by atoms with E-state index in [1.807, 2.05) is 0 Å². The summed E-state index contributed by atoms with van der Waals surface area (Å²) in [7, 11) is 0. The number of rotatable bonds is 2. The number of hydrogen-bond donors (Lipinski definition) is 1. The number of carbonyl (C=O) groups excluding carboxylic acids is 1. The van der Waals surface area contributed by atoms with Crippen molar-refractivity contribution in [3.05, 3.63) is 59.4 Å². The number of hydrogen-bond acceptors (Lipinski definition) is 1. The maximum atomic E-state index is 13.6. The van der Waals surface area contributed by atoms with Gasteiger partial charge in [0.15, 0.2) is 11.6 Å². The fourth-order valence-electron chi connectivity index (χ4n) is 1.66. The zero-order valence-electron chi connectivity index (χ0n) is 9.08. The third-order valence-corrected chi connectivity index (χ3v) is 2.49. The van der Waals surface area contributed by atoms with Gasteiger partial charge in [-0.1, -0.05) is 18.2 Å². The van der Waals surface area contributed by atoms with Crippen molar-refractivity contribution in [2.24, 2.45) is 5.73 Å². The normalized spacial score (nSPS) is 10.4. The summed E-state index contributed by atoms with van der Waals surface area (Å²) in [5, 5.41) is 0. The summed E-state index contributed by atoms with van der Waals surface area (Å²) in [6.45, 7) is 0. The Balaban J connectivity index is 2.69. The average molecular weight is 251 g/mol. The average Bonchev–Trinajstić information content (AvgIpc) is 2.34. The van der Waals surface area contributed by atoms with Crippen LogP contribution in [0.25, 0.3) is 11.1 Å². The topological polar surface area (TPSA) is 43.1 Å². The van der Waals surface area contributed by atoms with Crippen LogP contribution in [-0.4, -0.2) is 5.91 Å². The Kier molecular flexibility index (Phi) is 3.06. The number of carbonyl (C=O) groups is 1.